The molecule has 2 unspecified atom stereocenters. The topological polar surface area (TPSA) is 247 Å². The minimum Gasteiger partial charge on any atom is -0.481 e. The Bertz CT molecular complexity index is 445. The molecular formula is C12H20O13. The predicted molar refractivity (Wildman–Crippen MR) is 75.7 cm³/mol. The van der Waals surface area contributed by atoms with E-state index in [1.165, 1.54) is 13.8 Å². The van der Waals surface area contributed by atoms with Gasteiger partial charge in [0, 0.05) is 0 Å². The van der Waals surface area contributed by atoms with Gasteiger partial charge < -0.3 is 40.9 Å². The van der Waals surface area contributed by atoms with E-state index in [4.69, 9.17) is 40.9 Å². The summed E-state index contributed by atoms with van der Waals surface area (Å²) in [6, 6.07) is 0. The molecule has 0 heterocycles. The van der Waals surface area contributed by atoms with E-state index in [0.717, 1.165) is 0 Å². The summed E-state index contributed by atoms with van der Waals surface area (Å²) in [6.07, 6.45) is -4.75. The van der Waals surface area contributed by atoms with E-state index < -0.39 is 60.5 Å². The van der Waals surface area contributed by atoms with Crippen LogP contribution in [0.15, 0.2) is 0 Å². The van der Waals surface area contributed by atoms with Gasteiger partial charge in [-0.3, -0.25) is 9.59 Å². The summed E-state index contributed by atoms with van der Waals surface area (Å²) >= 11 is 0. The van der Waals surface area contributed by atoms with Gasteiger partial charge in [0.1, 0.15) is 12.2 Å². The van der Waals surface area contributed by atoms with Crippen LogP contribution >= 0.6 is 0 Å². The first kappa shape index (κ1) is 27.1. The number of hydrogen-bond acceptors (Lipinski definition) is 8. The molecule has 146 valence electrons. The Hall–Kier alpha value is -2.77. The van der Waals surface area contributed by atoms with Crippen molar-refractivity contribution in [1.29, 1.82) is 0 Å². The fourth-order valence-corrected chi connectivity index (χ4v) is 0.714. The quantitative estimate of drug-likeness (QED) is 0.233. The summed E-state index contributed by atoms with van der Waals surface area (Å²) in [5.74, 6) is -7.39. The van der Waals surface area contributed by atoms with Crippen LogP contribution in [-0.4, -0.2) is 88.5 Å². The zero-order valence-electron chi connectivity index (χ0n) is 13.2. The molecule has 2 atom stereocenters. The molecule has 0 aromatic heterocycles. The maximum absolute atomic E-state index is 10.3. The van der Waals surface area contributed by atoms with Crippen LogP contribution < -0.4 is 0 Å². The molecule has 0 amide bonds. The molecule has 25 heavy (non-hydrogen) atoms. The zero-order chi connectivity index (χ0) is 21.0. The van der Waals surface area contributed by atoms with Crippen molar-refractivity contribution in [1.82, 2.24) is 0 Å². The maximum Gasteiger partial charge on any atom is 0.336 e. The molecular weight excluding hydrogens is 352 g/mol. The molecule has 0 saturated heterocycles. The third kappa shape index (κ3) is 17.4. The number of aliphatic carboxylic acids is 5. The highest BCUT2D eigenvalue weighted by Gasteiger charge is 2.40. The predicted octanol–water partition coefficient (Wildman–Crippen LogP) is -2.34. The molecule has 0 spiro atoms. The van der Waals surface area contributed by atoms with Gasteiger partial charge in [-0.2, -0.15) is 0 Å². The minimum absolute atomic E-state index is 1.14. The molecule has 13 nitrogen and oxygen atoms in total. The standard InChI is InChI=1S/C6H8O7.2C3H6O3/c7-3(8)1-6(13,5(11)12)2-4(9)10;2*1-2(4)3(5)6/h13H,1-2H2,(H,7,8)(H,9,10)(H,11,12);2*2,4H,1H3,(H,5,6). The van der Waals surface area contributed by atoms with Gasteiger partial charge in [0.2, 0.25) is 0 Å². The van der Waals surface area contributed by atoms with E-state index in [0.29, 0.717) is 0 Å². The highest BCUT2D eigenvalue weighted by atomic mass is 16.4. The number of hydrogen-bond donors (Lipinski definition) is 8. The molecule has 0 aromatic rings. The Morgan fingerprint density at radius 1 is 0.720 bits per heavy atom. The number of carboxylic acid groups (broad SMARTS) is 5. The molecule has 0 fully saturated rings. The minimum atomic E-state index is -2.74. The molecule has 0 bridgehead atoms. The molecule has 0 saturated carbocycles. The van der Waals surface area contributed by atoms with E-state index in [-0.39, 0.29) is 0 Å². The van der Waals surface area contributed by atoms with Crippen LogP contribution in [0.4, 0.5) is 0 Å². The van der Waals surface area contributed by atoms with Crippen molar-refractivity contribution < 1.29 is 64.8 Å². The number of aliphatic hydroxyl groups excluding tert-OH is 2. The number of rotatable bonds is 7. The lowest BCUT2D eigenvalue weighted by molar-refractivity contribution is -0.170. The Morgan fingerprint density at radius 3 is 1.00 bits per heavy atom. The van der Waals surface area contributed by atoms with Gasteiger partial charge in [-0.05, 0) is 13.8 Å². The fourth-order valence-electron chi connectivity index (χ4n) is 0.714. The van der Waals surface area contributed by atoms with Crippen molar-refractivity contribution in [2.75, 3.05) is 0 Å². The third-order valence-corrected chi connectivity index (χ3v) is 2.00. The Labute approximate surface area is 140 Å². The van der Waals surface area contributed by atoms with Gasteiger partial charge in [-0.15, -0.1) is 0 Å². The first-order chi connectivity index (χ1) is 11.1. The Morgan fingerprint density at radius 2 is 0.920 bits per heavy atom. The van der Waals surface area contributed by atoms with Crippen molar-refractivity contribution in [2.24, 2.45) is 0 Å². The average Bonchev–Trinajstić information content (AvgIpc) is 2.37. The van der Waals surface area contributed by atoms with E-state index in [1.54, 1.807) is 0 Å². The average molecular weight is 372 g/mol. The lowest BCUT2D eigenvalue weighted by atomic mass is 9.96. The molecule has 8 N–H and O–H groups in total. The van der Waals surface area contributed by atoms with E-state index in [2.05, 4.69) is 0 Å². The summed E-state index contributed by atoms with van der Waals surface area (Å²) in [6.45, 7) is 2.39. The van der Waals surface area contributed by atoms with Crippen molar-refractivity contribution >= 4 is 29.8 Å². The summed E-state index contributed by atoms with van der Waals surface area (Å²) < 4.78 is 0. The lowest BCUT2D eigenvalue weighted by Gasteiger charge is -2.18. The number of aliphatic hydroxyl groups is 3. The monoisotopic (exact) mass is 372 g/mol. The maximum atomic E-state index is 10.3. The van der Waals surface area contributed by atoms with Gasteiger partial charge in [0.25, 0.3) is 0 Å². The molecule has 0 aliphatic carbocycles. The Balaban J connectivity index is -0.000000336. The van der Waals surface area contributed by atoms with Gasteiger partial charge in [-0.25, -0.2) is 14.4 Å². The van der Waals surface area contributed by atoms with Crippen LogP contribution in [0.3, 0.4) is 0 Å². The van der Waals surface area contributed by atoms with E-state index in [9.17, 15) is 24.0 Å². The molecule has 0 aliphatic heterocycles. The second-order valence-electron chi connectivity index (χ2n) is 4.51. The first-order valence-corrected chi connectivity index (χ1v) is 6.27. The van der Waals surface area contributed by atoms with E-state index >= 15 is 0 Å². The normalized spacial score (nSPS) is 12.2. The van der Waals surface area contributed by atoms with Crippen LogP contribution in [0.2, 0.25) is 0 Å². The van der Waals surface area contributed by atoms with Gasteiger partial charge in [0.05, 0.1) is 12.8 Å². The molecule has 0 rings (SSSR count). The van der Waals surface area contributed by atoms with Gasteiger partial charge >= 0.3 is 29.8 Å². The largest absolute Gasteiger partial charge is 0.481 e. The van der Waals surface area contributed by atoms with Crippen LogP contribution in [0.1, 0.15) is 26.7 Å². The third-order valence-electron chi connectivity index (χ3n) is 2.00. The highest BCUT2D eigenvalue weighted by Crippen LogP contribution is 2.15. The van der Waals surface area contributed by atoms with Crippen molar-refractivity contribution in [3.63, 3.8) is 0 Å². The van der Waals surface area contributed by atoms with Crippen molar-refractivity contribution in [3.8, 4) is 0 Å². The van der Waals surface area contributed by atoms with Crippen LogP contribution in [-0.2, 0) is 24.0 Å². The summed E-state index contributed by atoms with van der Waals surface area (Å²) in [4.78, 5) is 49.4. The van der Waals surface area contributed by atoms with Crippen LogP contribution in [0.25, 0.3) is 0 Å². The van der Waals surface area contributed by atoms with Crippen LogP contribution in [0.5, 0.6) is 0 Å². The Kier molecular flexibility index (Phi) is 13.7. The van der Waals surface area contributed by atoms with Crippen LogP contribution in [0, 0.1) is 0 Å². The summed E-state index contributed by atoms with van der Waals surface area (Å²) in [7, 11) is 0. The smallest absolute Gasteiger partial charge is 0.336 e. The molecule has 0 aromatic carbocycles. The molecule has 0 aliphatic rings. The van der Waals surface area contributed by atoms with Gasteiger partial charge in [0.15, 0.2) is 5.60 Å². The van der Waals surface area contributed by atoms with Crippen molar-refractivity contribution in [3.05, 3.63) is 0 Å². The second kappa shape index (κ2) is 12.6. The molecule has 13 heteroatoms. The lowest BCUT2D eigenvalue weighted by Crippen LogP contribution is -2.42. The SMILES string of the molecule is CC(O)C(=O)O.CC(O)C(=O)O.O=C(O)CC(O)(CC(=O)O)C(=O)O. The van der Waals surface area contributed by atoms with Crippen molar-refractivity contribution in [2.45, 2.75) is 44.5 Å². The summed E-state index contributed by atoms with van der Waals surface area (Å²) in [5.41, 5.74) is -2.74. The van der Waals surface area contributed by atoms with Gasteiger partial charge in [-0.1, -0.05) is 0 Å². The second-order valence-corrected chi connectivity index (χ2v) is 4.51. The zero-order valence-corrected chi connectivity index (χ0v) is 13.2. The van der Waals surface area contributed by atoms with E-state index in [1.807, 2.05) is 0 Å². The number of carbonyl (C=O) groups is 5. The summed E-state index contributed by atoms with van der Waals surface area (Å²) in [5, 5.41) is 65.4. The number of carboxylic acids is 5. The fraction of sp³-hybridized carbons (Fsp3) is 0.583. The first-order valence-electron chi connectivity index (χ1n) is 6.27. The molecule has 0 radical (unpaired) electrons. The highest BCUT2D eigenvalue weighted by molar-refractivity contribution is 5.88.